The van der Waals surface area contributed by atoms with E-state index in [9.17, 15) is 13.5 Å². The van der Waals surface area contributed by atoms with Gasteiger partial charge in [0, 0.05) is 0 Å². The van der Waals surface area contributed by atoms with Crippen molar-refractivity contribution in [1.82, 2.24) is 0 Å². The van der Waals surface area contributed by atoms with E-state index in [1.165, 1.54) is 37.0 Å². The van der Waals surface area contributed by atoms with E-state index in [0.717, 1.165) is 24.3 Å². The van der Waals surface area contributed by atoms with Gasteiger partial charge in [0.25, 0.3) is 10.1 Å². The molecule has 0 saturated heterocycles. The summed E-state index contributed by atoms with van der Waals surface area (Å²) < 4.78 is 29.6. The lowest BCUT2D eigenvalue weighted by atomic mass is 9.69. The minimum Gasteiger partial charge on any atom is -0.393 e. The maximum absolute atomic E-state index is 10.5. The summed E-state index contributed by atoms with van der Waals surface area (Å²) in [7, 11) is -4.02. The molecule has 5 heteroatoms. The predicted molar refractivity (Wildman–Crippen MR) is 86.2 cm³/mol. The monoisotopic (exact) mass is 324 g/mol. The van der Waals surface area contributed by atoms with Crippen LogP contribution in [0.5, 0.6) is 0 Å². The topological polar surface area (TPSA) is 74.6 Å². The molecule has 3 rings (SSSR count). The molecule has 0 spiro atoms. The van der Waals surface area contributed by atoms with Gasteiger partial charge in [-0.15, -0.1) is 0 Å². The minimum absolute atomic E-state index is 0.000602. The molecule has 0 amide bonds. The molecule has 22 heavy (non-hydrogen) atoms. The lowest BCUT2D eigenvalue weighted by Gasteiger charge is -2.39. The smallest absolute Gasteiger partial charge is 0.294 e. The van der Waals surface area contributed by atoms with Crippen molar-refractivity contribution in [1.29, 1.82) is 0 Å². The first-order valence-corrected chi connectivity index (χ1v) is 9.11. The van der Waals surface area contributed by atoms with Crippen LogP contribution in [0.15, 0.2) is 41.3 Å². The van der Waals surface area contributed by atoms with Crippen molar-refractivity contribution in [3.63, 3.8) is 0 Å². The molecule has 4 nitrogen and oxygen atoms in total. The Bertz CT molecular complexity index is 619. The lowest BCUT2D eigenvalue weighted by molar-refractivity contribution is 0.0387. The van der Waals surface area contributed by atoms with Gasteiger partial charge in [-0.1, -0.05) is 29.8 Å². The van der Waals surface area contributed by atoms with E-state index < -0.39 is 10.1 Å². The van der Waals surface area contributed by atoms with Crippen molar-refractivity contribution >= 4 is 10.1 Å². The highest BCUT2D eigenvalue weighted by Gasteiger charge is 2.33. The number of aliphatic hydroxyl groups is 1. The van der Waals surface area contributed by atoms with Crippen LogP contribution < -0.4 is 0 Å². The van der Waals surface area contributed by atoms with Crippen LogP contribution in [0, 0.1) is 18.8 Å². The van der Waals surface area contributed by atoms with Gasteiger partial charge in [0.15, 0.2) is 0 Å². The van der Waals surface area contributed by atoms with E-state index >= 15 is 0 Å². The predicted octanol–water partition coefficient (Wildman–Crippen LogP) is 3.36. The van der Waals surface area contributed by atoms with Gasteiger partial charge in [0.1, 0.15) is 0 Å². The summed E-state index contributed by atoms with van der Waals surface area (Å²) in [4.78, 5) is -0.0666. The summed E-state index contributed by atoms with van der Waals surface area (Å²) in [6.45, 7) is 5.92. The van der Waals surface area contributed by atoms with Crippen LogP contribution >= 0.6 is 0 Å². The van der Waals surface area contributed by atoms with Crippen molar-refractivity contribution in [2.24, 2.45) is 11.8 Å². The summed E-state index contributed by atoms with van der Waals surface area (Å²) in [6, 6.07) is 5.99. The maximum Gasteiger partial charge on any atom is 0.294 e. The average Bonchev–Trinajstić information content (AvgIpc) is 2.46. The number of hydrogen-bond donors (Lipinski definition) is 2. The van der Waals surface area contributed by atoms with Gasteiger partial charge in [-0.05, 0) is 63.0 Å². The molecule has 3 atom stereocenters. The van der Waals surface area contributed by atoms with Crippen molar-refractivity contribution in [2.75, 3.05) is 0 Å². The Morgan fingerprint density at radius 3 is 2.36 bits per heavy atom. The molecule has 1 aromatic rings. The number of fused-ring (bicyclic) bond motifs is 2. The van der Waals surface area contributed by atoms with Gasteiger partial charge in [0.2, 0.25) is 0 Å². The molecule has 0 radical (unpaired) electrons. The molecule has 3 unspecified atom stereocenters. The molecule has 2 aliphatic carbocycles. The molecule has 1 aromatic carbocycles. The van der Waals surface area contributed by atoms with E-state index in [1.54, 1.807) is 12.1 Å². The first kappa shape index (κ1) is 17.2. The molecule has 0 aromatic heterocycles. The summed E-state index contributed by atoms with van der Waals surface area (Å²) in [6.07, 6.45) is 5.73. The third-order valence-electron chi connectivity index (χ3n) is 4.67. The zero-order valence-corrected chi connectivity index (χ0v) is 13.7. The van der Waals surface area contributed by atoms with Crippen LogP contribution in [-0.2, 0) is 10.1 Å². The van der Waals surface area contributed by atoms with Gasteiger partial charge >= 0.3 is 0 Å². The molecule has 0 aliphatic heterocycles. The van der Waals surface area contributed by atoms with E-state index in [0.29, 0.717) is 5.92 Å². The fourth-order valence-electron chi connectivity index (χ4n) is 3.21. The molecule has 2 fully saturated rings. The molecular weight excluding hydrogens is 300 g/mol. The van der Waals surface area contributed by atoms with Crippen LogP contribution in [-0.4, -0.2) is 24.2 Å². The fourth-order valence-corrected chi connectivity index (χ4v) is 3.69. The van der Waals surface area contributed by atoms with E-state index in [1.807, 2.05) is 6.92 Å². The van der Waals surface area contributed by atoms with E-state index in [2.05, 4.69) is 6.58 Å². The van der Waals surface area contributed by atoms with E-state index in [-0.39, 0.29) is 11.0 Å². The standard InChI is InChI=1S/C10H16O.C7H8O3S/c1-7-2-3-9-6-8(7)4-5-10(9)11;1-6-2-4-7(5-3-6)11(8,9)10/h8-11H,1-6H2;2-5H,1H3,(H,8,9,10). The number of rotatable bonds is 1. The number of aliphatic hydroxyl groups excluding tert-OH is 1. The second-order valence-corrected chi connectivity index (χ2v) is 7.74. The molecule has 122 valence electrons. The first-order valence-electron chi connectivity index (χ1n) is 7.67. The van der Waals surface area contributed by atoms with Crippen molar-refractivity contribution in [2.45, 2.75) is 50.0 Å². The minimum atomic E-state index is -4.02. The number of allylic oxidation sites excluding steroid dienone is 1. The number of hydrogen-bond acceptors (Lipinski definition) is 3. The van der Waals surface area contributed by atoms with Crippen LogP contribution in [0.3, 0.4) is 0 Å². The number of benzene rings is 1. The summed E-state index contributed by atoms with van der Waals surface area (Å²) in [5.41, 5.74) is 2.39. The van der Waals surface area contributed by atoms with E-state index in [4.69, 9.17) is 4.55 Å². The highest BCUT2D eigenvalue weighted by Crippen LogP contribution is 2.42. The van der Waals surface area contributed by atoms with Gasteiger partial charge in [-0.3, -0.25) is 4.55 Å². The normalized spacial score (nSPS) is 27.8. The molecule has 2 N–H and O–H groups in total. The van der Waals surface area contributed by atoms with Gasteiger partial charge in [-0.2, -0.15) is 8.42 Å². The summed E-state index contributed by atoms with van der Waals surface area (Å²) in [5, 5.41) is 9.58. The average molecular weight is 324 g/mol. The van der Waals surface area contributed by atoms with Crippen molar-refractivity contribution in [3.05, 3.63) is 42.0 Å². The second-order valence-electron chi connectivity index (χ2n) is 6.32. The van der Waals surface area contributed by atoms with Crippen molar-refractivity contribution < 1.29 is 18.1 Å². The largest absolute Gasteiger partial charge is 0.393 e. The van der Waals surface area contributed by atoms with Crippen LogP contribution in [0.2, 0.25) is 0 Å². The molecule has 2 bridgehead atoms. The number of aryl methyl sites for hydroxylation is 1. The quantitative estimate of drug-likeness (QED) is 0.613. The zero-order valence-electron chi connectivity index (χ0n) is 12.9. The third-order valence-corrected chi connectivity index (χ3v) is 5.54. The Balaban J connectivity index is 0.000000160. The highest BCUT2D eigenvalue weighted by molar-refractivity contribution is 7.85. The maximum atomic E-state index is 10.5. The Hall–Kier alpha value is -1.17. The van der Waals surface area contributed by atoms with Gasteiger partial charge in [-0.25, -0.2) is 0 Å². The molecule has 2 aliphatic rings. The SMILES string of the molecule is C=C1CCC2CC1CCC2O.Cc1ccc(S(=O)(=O)O)cc1. The van der Waals surface area contributed by atoms with Crippen LogP contribution in [0.25, 0.3) is 0 Å². The Labute approximate surface area is 132 Å². The summed E-state index contributed by atoms with van der Waals surface area (Å²) >= 11 is 0. The summed E-state index contributed by atoms with van der Waals surface area (Å²) in [5.74, 6) is 1.34. The lowest BCUT2D eigenvalue weighted by Crippen LogP contribution is -2.33. The molecule has 0 heterocycles. The Kier molecular flexibility index (Phi) is 5.42. The fraction of sp³-hybridized carbons (Fsp3) is 0.529. The Morgan fingerprint density at radius 1 is 1.14 bits per heavy atom. The van der Waals surface area contributed by atoms with Crippen molar-refractivity contribution in [3.8, 4) is 0 Å². The highest BCUT2D eigenvalue weighted by atomic mass is 32.2. The second kappa shape index (κ2) is 6.94. The Morgan fingerprint density at radius 2 is 1.77 bits per heavy atom. The van der Waals surface area contributed by atoms with Crippen LogP contribution in [0.4, 0.5) is 0 Å². The first-order chi connectivity index (χ1) is 10.3. The molecule has 2 saturated carbocycles. The molecular formula is C17H24O4S. The van der Waals surface area contributed by atoms with Crippen LogP contribution in [0.1, 0.15) is 37.7 Å². The zero-order chi connectivity index (χ0) is 16.3. The third kappa shape index (κ3) is 4.41. The van der Waals surface area contributed by atoms with Gasteiger partial charge < -0.3 is 5.11 Å². The van der Waals surface area contributed by atoms with Gasteiger partial charge in [0.05, 0.1) is 11.0 Å².